The molecule has 0 radical (unpaired) electrons. The minimum atomic E-state index is -0.338. The van der Waals surface area contributed by atoms with Crippen LogP contribution in [0.15, 0.2) is 53.9 Å². The summed E-state index contributed by atoms with van der Waals surface area (Å²) < 4.78 is 19.4. The fourth-order valence-electron chi connectivity index (χ4n) is 3.31. The third-order valence-corrected chi connectivity index (χ3v) is 5.78. The first-order chi connectivity index (χ1) is 14.1. The van der Waals surface area contributed by atoms with Crippen LogP contribution in [0.4, 0.5) is 10.1 Å². The summed E-state index contributed by atoms with van der Waals surface area (Å²) in [5, 5.41) is 2.19. The summed E-state index contributed by atoms with van der Waals surface area (Å²) in [7, 11) is 1.75. The van der Waals surface area contributed by atoms with Crippen LogP contribution >= 0.6 is 11.3 Å². The fourth-order valence-corrected chi connectivity index (χ4v) is 4.13. The van der Waals surface area contributed by atoms with Gasteiger partial charge in [0.15, 0.2) is 0 Å². The standard InChI is InChI=1S/C22H22FN3O2S/c1-25(14-16-6-8-17(9-7-16)26-10-12-28-13-11-26)22(27)20-15-29-21(24-20)18-4-2-3-5-19(18)23/h2-9,15H,10-14H2,1H3. The Hall–Kier alpha value is -2.77. The summed E-state index contributed by atoms with van der Waals surface area (Å²) in [5.41, 5.74) is 2.96. The zero-order chi connectivity index (χ0) is 20.2. The molecule has 0 atom stereocenters. The number of carbonyl (C=O) groups excluding carboxylic acids is 1. The van der Waals surface area contributed by atoms with Crippen LogP contribution in [-0.4, -0.2) is 49.1 Å². The largest absolute Gasteiger partial charge is 0.378 e. The number of rotatable bonds is 5. The Kier molecular flexibility index (Phi) is 5.87. The third-order valence-electron chi connectivity index (χ3n) is 4.91. The first-order valence-electron chi connectivity index (χ1n) is 9.49. The maximum absolute atomic E-state index is 14.0. The molecule has 0 aliphatic carbocycles. The highest BCUT2D eigenvalue weighted by molar-refractivity contribution is 7.13. The van der Waals surface area contributed by atoms with E-state index in [-0.39, 0.29) is 11.7 Å². The van der Waals surface area contributed by atoms with Crippen molar-refractivity contribution in [2.75, 3.05) is 38.3 Å². The molecule has 0 saturated carbocycles. The van der Waals surface area contributed by atoms with Crippen molar-refractivity contribution in [3.63, 3.8) is 0 Å². The van der Waals surface area contributed by atoms with Crippen LogP contribution in [0.5, 0.6) is 0 Å². The third kappa shape index (κ3) is 4.46. The number of hydrogen-bond acceptors (Lipinski definition) is 5. The Morgan fingerprint density at radius 2 is 1.90 bits per heavy atom. The van der Waals surface area contributed by atoms with Crippen molar-refractivity contribution in [2.45, 2.75) is 6.54 Å². The highest BCUT2D eigenvalue weighted by Gasteiger charge is 2.18. The van der Waals surface area contributed by atoms with Gasteiger partial charge in [0.2, 0.25) is 0 Å². The van der Waals surface area contributed by atoms with Gasteiger partial charge in [-0.3, -0.25) is 4.79 Å². The number of aromatic nitrogens is 1. The fraction of sp³-hybridized carbons (Fsp3) is 0.273. The van der Waals surface area contributed by atoms with Crippen LogP contribution in [0.25, 0.3) is 10.6 Å². The summed E-state index contributed by atoms with van der Waals surface area (Å²) in [6, 6.07) is 14.7. The SMILES string of the molecule is CN(Cc1ccc(N2CCOCC2)cc1)C(=O)c1csc(-c2ccccc2F)n1. The Bertz CT molecular complexity index is 984. The summed E-state index contributed by atoms with van der Waals surface area (Å²) in [4.78, 5) is 21.0. The lowest BCUT2D eigenvalue weighted by molar-refractivity contribution is 0.0780. The smallest absolute Gasteiger partial charge is 0.273 e. The molecule has 2 aromatic carbocycles. The van der Waals surface area contributed by atoms with Gasteiger partial charge in [0.05, 0.1) is 13.2 Å². The molecule has 0 unspecified atom stereocenters. The van der Waals surface area contributed by atoms with E-state index in [1.165, 1.54) is 23.1 Å². The number of carbonyl (C=O) groups is 1. The first kappa shape index (κ1) is 19.5. The molecule has 1 aromatic heterocycles. The number of nitrogens with zero attached hydrogens (tertiary/aromatic N) is 3. The number of benzene rings is 2. The second-order valence-electron chi connectivity index (χ2n) is 6.94. The van der Waals surface area contributed by atoms with Gasteiger partial charge in [0.25, 0.3) is 5.91 Å². The topological polar surface area (TPSA) is 45.7 Å². The maximum Gasteiger partial charge on any atom is 0.273 e. The van der Waals surface area contributed by atoms with E-state index in [4.69, 9.17) is 4.74 Å². The maximum atomic E-state index is 14.0. The number of halogens is 1. The number of thiazole rings is 1. The summed E-state index contributed by atoms with van der Waals surface area (Å²) in [5.74, 6) is -0.518. The van der Waals surface area contributed by atoms with Crippen LogP contribution in [0, 0.1) is 5.82 Å². The van der Waals surface area contributed by atoms with E-state index < -0.39 is 0 Å². The Morgan fingerprint density at radius 1 is 1.17 bits per heavy atom. The van der Waals surface area contributed by atoms with E-state index in [9.17, 15) is 9.18 Å². The van der Waals surface area contributed by atoms with Gasteiger partial charge in [0.1, 0.15) is 16.5 Å². The molecule has 0 spiro atoms. The van der Waals surface area contributed by atoms with E-state index in [0.29, 0.717) is 22.8 Å². The first-order valence-corrected chi connectivity index (χ1v) is 10.4. The number of morpholine rings is 1. The Morgan fingerprint density at radius 3 is 2.62 bits per heavy atom. The molecule has 2 heterocycles. The lowest BCUT2D eigenvalue weighted by atomic mass is 10.1. The molecular weight excluding hydrogens is 389 g/mol. The summed E-state index contributed by atoms with van der Waals surface area (Å²) in [6.45, 7) is 3.77. The van der Waals surface area contributed by atoms with Crippen molar-refractivity contribution in [1.82, 2.24) is 9.88 Å². The molecule has 1 aliphatic rings. The second kappa shape index (κ2) is 8.71. The Balaban J connectivity index is 1.41. The van der Waals surface area contributed by atoms with Gasteiger partial charge in [0, 0.05) is 43.3 Å². The molecule has 4 rings (SSSR count). The predicted molar refractivity (Wildman–Crippen MR) is 113 cm³/mol. The molecular formula is C22H22FN3O2S. The van der Waals surface area contributed by atoms with E-state index in [1.807, 2.05) is 12.1 Å². The van der Waals surface area contributed by atoms with Crippen molar-refractivity contribution in [1.29, 1.82) is 0 Å². The van der Waals surface area contributed by atoms with Crippen molar-refractivity contribution in [3.05, 3.63) is 71.0 Å². The van der Waals surface area contributed by atoms with Gasteiger partial charge in [-0.25, -0.2) is 9.37 Å². The molecule has 150 valence electrons. The zero-order valence-electron chi connectivity index (χ0n) is 16.2. The minimum Gasteiger partial charge on any atom is -0.378 e. The summed E-state index contributed by atoms with van der Waals surface area (Å²) >= 11 is 1.27. The second-order valence-corrected chi connectivity index (χ2v) is 7.80. The van der Waals surface area contributed by atoms with Crippen molar-refractivity contribution in [3.8, 4) is 10.6 Å². The van der Waals surface area contributed by atoms with Crippen LogP contribution < -0.4 is 4.90 Å². The highest BCUT2D eigenvalue weighted by Crippen LogP contribution is 2.26. The molecule has 1 fully saturated rings. The monoisotopic (exact) mass is 411 g/mol. The molecule has 7 heteroatoms. The number of amides is 1. The predicted octanol–water partition coefficient (Wildman–Crippen LogP) is 4.06. The molecule has 1 amide bonds. The molecule has 0 N–H and O–H groups in total. The van der Waals surface area contributed by atoms with Crippen LogP contribution in [-0.2, 0) is 11.3 Å². The Labute approximate surface area is 173 Å². The van der Waals surface area contributed by atoms with E-state index in [1.54, 1.807) is 35.5 Å². The van der Waals surface area contributed by atoms with Gasteiger partial charge >= 0.3 is 0 Å². The quantitative estimate of drug-likeness (QED) is 0.635. The lowest BCUT2D eigenvalue weighted by Crippen LogP contribution is -2.36. The number of ether oxygens (including phenoxy) is 1. The summed E-state index contributed by atoms with van der Waals surface area (Å²) in [6.07, 6.45) is 0. The molecule has 3 aromatic rings. The molecule has 29 heavy (non-hydrogen) atoms. The van der Waals surface area contributed by atoms with Crippen molar-refractivity contribution >= 4 is 22.9 Å². The molecule has 1 aliphatic heterocycles. The zero-order valence-corrected chi connectivity index (χ0v) is 17.0. The van der Waals surface area contributed by atoms with Crippen LogP contribution in [0.3, 0.4) is 0 Å². The van der Waals surface area contributed by atoms with E-state index in [2.05, 4.69) is 22.0 Å². The normalized spacial score (nSPS) is 14.1. The van der Waals surface area contributed by atoms with E-state index >= 15 is 0 Å². The van der Waals surface area contributed by atoms with Gasteiger partial charge < -0.3 is 14.5 Å². The van der Waals surface area contributed by atoms with Gasteiger partial charge in [-0.05, 0) is 29.8 Å². The van der Waals surface area contributed by atoms with Crippen molar-refractivity contribution in [2.24, 2.45) is 0 Å². The van der Waals surface area contributed by atoms with Crippen LogP contribution in [0.1, 0.15) is 16.1 Å². The number of anilines is 1. The van der Waals surface area contributed by atoms with Gasteiger partial charge in [-0.15, -0.1) is 11.3 Å². The van der Waals surface area contributed by atoms with E-state index in [0.717, 1.165) is 31.9 Å². The van der Waals surface area contributed by atoms with Gasteiger partial charge in [-0.1, -0.05) is 24.3 Å². The molecule has 5 nitrogen and oxygen atoms in total. The average Bonchev–Trinajstić information content (AvgIpc) is 3.24. The van der Waals surface area contributed by atoms with Crippen LogP contribution in [0.2, 0.25) is 0 Å². The lowest BCUT2D eigenvalue weighted by Gasteiger charge is -2.29. The molecule has 0 bridgehead atoms. The minimum absolute atomic E-state index is 0.180. The highest BCUT2D eigenvalue weighted by atomic mass is 32.1. The van der Waals surface area contributed by atoms with Gasteiger partial charge in [-0.2, -0.15) is 0 Å². The van der Waals surface area contributed by atoms with Crippen molar-refractivity contribution < 1.29 is 13.9 Å². The number of hydrogen-bond donors (Lipinski definition) is 0. The molecule has 1 saturated heterocycles. The average molecular weight is 412 g/mol.